The second-order valence-corrected chi connectivity index (χ2v) is 15.4. The SMILES string of the molecule is COc1cc2nn([C@H]3CC[C@H](CN4CC(c5cccc6c5n(C)c(=O)n6C5CCC(=O)NC5=O)C4)CC3)cc2cc1NC(=O)c1cncc(C(C)(C)F)n1. The van der Waals surface area contributed by atoms with Crippen LogP contribution in [-0.4, -0.2) is 78.2 Å². The van der Waals surface area contributed by atoms with Gasteiger partial charge in [0, 0.05) is 56.7 Å². The molecule has 15 heteroatoms. The average molecular weight is 738 g/mol. The number of methoxy groups -OCH3 is 1. The third-order valence-corrected chi connectivity index (χ3v) is 11.3. The molecule has 0 spiro atoms. The zero-order valence-corrected chi connectivity index (χ0v) is 30.8. The molecule has 282 valence electrons. The molecule has 1 aliphatic carbocycles. The zero-order valence-electron chi connectivity index (χ0n) is 30.8. The third-order valence-electron chi connectivity index (χ3n) is 11.3. The Bertz CT molecular complexity index is 2340. The number of carbonyl (C=O) groups is 3. The molecule has 3 fully saturated rings. The molecule has 2 saturated heterocycles. The van der Waals surface area contributed by atoms with Crippen LogP contribution in [0.2, 0.25) is 0 Å². The van der Waals surface area contributed by atoms with Crippen LogP contribution in [-0.2, 0) is 22.3 Å². The molecule has 0 radical (unpaired) electrons. The van der Waals surface area contributed by atoms with Gasteiger partial charge in [-0.05, 0) is 69.6 Å². The van der Waals surface area contributed by atoms with Crippen LogP contribution in [0.5, 0.6) is 5.75 Å². The molecule has 2 aliphatic heterocycles. The monoisotopic (exact) mass is 737 g/mol. The average Bonchev–Trinajstić information content (AvgIpc) is 3.66. The maximum Gasteiger partial charge on any atom is 0.329 e. The normalized spacial score (nSPS) is 21.3. The number of aromatic nitrogens is 6. The minimum absolute atomic E-state index is 0.00705. The lowest BCUT2D eigenvalue weighted by atomic mass is 9.83. The number of amides is 3. The van der Waals surface area contributed by atoms with Crippen LogP contribution in [0.3, 0.4) is 0 Å². The smallest absolute Gasteiger partial charge is 0.329 e. The predicted molar refractivity (Wildman–Crippen MR) is 199 cm³/mol. The van der Waals surface area contributed by atoms with E-state index in [4.69, 9.17) is 9.84 Å². The summed E-state index contributed by atoms with van der Waals surface area (Å²) in [6.45, 7) is 5.57. The standard InChI is InChI=1S/C39H44FN9O5/c1-39(2,40)33-17-41-16-29(42-33)36(51)43-28-14-23-21-48(45-27(23)15-32(28)54-4)25-10-8-22(9-11-25)18-47-19-24(20-47)26-6-5-7-30-35(26)46(3)38(53)49(30)31-12-13-34(50)44-37(31)52/h5-7,14-17,21-22,24-25,31H,8-13,18-20H2,1-4H3,(H,43,51)(H,44,50,52)/t22-,25-,31?. The first-order valence-electron chi connectivity index (χ1n) is 18.5. The van der Waals surface area contributed by atoms with Crippen molar-refractivity contribution in [3.63, 3.8) is 0 Å². The number of benzene rings is 2. The fourth-order valence-corrected chi connectivity index (χ4v) is 8.37. The highest BCUT2D eigenvalue weighted by Crippen LogP contribution is 2.38. The number of nitrogens with zero attached hydrogens (tertiary/aromatic N) is 7. The van der Waals surface area contributed by atoms with Crippen molar-refractivity contribution in [1.29, 1.82) is 0 Å². The maximum atomic E-state index is 14.4. The van der Waals surface area contributed by atoms with Crippen LogP contribution in [0.1, 0.15) is 92.1 Å². The summed E-state index contributed by atoms with van der Waals surface area (Å²) in [5.74, 6) is 0.0784. The molecular weight excluding hydrogens is 693 g/mol. The molecule has 2 N–H and O–H groups in total. The Hall–Kier alpha value is -5.44. The fourth-order valence-electron chi connectivity index (χ4n) is 8.37. The van der Waals surface area contributed by atoms with Gasteiger partial charge in [-0.15, -0.1) is 0 Å². The number of anilines is 1. The minimum atomic E-state index is -1.73. The van der Waals surface area contributed by atoms with Crippen molar-refractivity contribution in [2.75, 3.05) is 32.1 Å². The first kappa shape index (κ1) is 35.6. The van der Waals surface area contributed by atoms with E-state index in [0.29, 0.717) is 23.8 Å². The van der Waals surface area contributed by atoms with Gasteiger partial charge in [-0.2, -0.15) is 5.10 Å². The lowest BCUT2D eigenvalue weighted by Gasteiger charge is -2.43. The number of imide groups is 1. The topological polar surface area (TPSA) is 158 Å². The Labute approximate surface area is 310 Å². The number of hydrogen-bond acceptors (Lipinski definition) is 9. The van der Waals surface area contributed by atoms with E-state index in [1.165, 1.54) is 33.4 Å². The number of likely N-dealkylation sites (tertiary alicyclic amines) is 1. The number of piperidine rings is 1. The third kappa shape index (κ3) is 6.54. The van der Waals surface area contributed by atoms with Crippen molar-refractivity contribution in [2.24, 2.45) is 13.0 Å². The van der Waals surface area contributed by atoms with Crippen molar-refractivity contribution in [3.05, 3.63) is 76.4 Å². The number of ether oxygens (including phenoxy) is 1. The molecule has 1 saturated carbocycles. The van der Waals surface area contributed by atoms with Gasteiger partial charge in [0.2, 0.25) is 11.8 Å². The van der Waals surface area contributed by atoms with E-state index < -0.39 is 23.5 Å². The molecule has 5 heterocycles. The van der Waals surface area contributed by atoms with E-state index in [0.717, 1.165) is 72.8 Å². The van der Waals surface area contributed by atoms with Gasteiger partial charge in [0.1, 0.15) is 23.2 Å². The van der Waals surface area contributed by atoms with Gasteiger partial charge in [0.05, 0.1) is 53.5 Å². The molecule has 3 amide bonds. The van der Waals surface area contributed by atoms with Crippen LogP contribution in [0, 0.1) is 5.92 Å². The van der Waals surface area contributed by atoms with Gasteiger partial charge in [0.25, 0.3) is 5.91 Å². The molecule has 5 aromatic rings. The van der Waals surface area contributed by atoms with E-state index in [1.807, 2.05) is 35.1 Å². The van der Waals surface area contributed by atoms with Crippen molar-refractivity contribution in [2.45, 2.75) is 76.0 Å². The number of rotatable bonds is 9. The molecule has 0 bridgehead atoms. The van der Waals surface area contributed by atoms with E-state index in [1.54, 1.807) is 16.2 Å². The van der Waals surface area contributed by atoms with Crippen molar-refractivity contribution < 1.29 is 23.5 Å². The summed E-state index contributed by atoms with van der Waals surface area (Å²) in [4.78, 5) is 61.5. The van der Waals surface area contributed by atoms with E-state index in [9.17, 15) is 23.6 Å². The highest BCUT2D eigenvalue weighted by atomic mass is 19.1. The number of halogens is 1. The largest absolute Gasteiger partial charge is 0.494 e. The highest BCUT2D eigenvalue weighted by Gasteiger charge is 2.36. The lowest BCUT2D eigenvalue weighted by molar-refractivity contribution is -0.135. The Morgan fingerprint density at radius 2 is 1.85 bits per heavy atom. The van der Waals surface area contributed by atoms with Crippen LogP contribution in [0.15, 0.2) is 53.7 Å². The number of alkyl halides is 1. The van der Waals surface area contributed by atoms with E-state index in [-0.39, 0.29) is 41.4 Å². The highest BCUT2D eigenvalue weighted by molar-refractivity contribution is 6.05. The molecule has 3 aromatic heterocycles. The molecule has 3 aliphatic rings. The molecule has 54 heavy (non-hydrogen) atoms. The van der Waals surface area contributed by atoms with E-state index in [2.05, 4.69) is 31.6 Å². The molecular formula is C39H44FN9O5. The predicted octanol–water partition coefficient (Wildman–Crippen LogP) is 4.75. The Kier molecular flexibility index (Phi) is 9.07. The first-order chi connectivity index (χ1) is 25.9. The summed E-state index contributed by atoms with van der Waals surface area (Å²) < 4.78 is 25.3. The fraction of sp³-hybridized carbons (Fsp3) is 0.462. The lowest BCUT2D eigenvalue weighted by Crippen LogP contribution is -2.47. The Balaban J connectivity index is 0.888. The van der Waals surface area contributed by atoms with Gasteiger partial charge < -0.3 is 15.0 Å². The van der Waals surface area contributed by atoms with Crippen molar-refractivity contribution in [3.8, 4) is 5.75 Å². The Morgan fingerprint density at radius 3 is 2.57 bits per heavy atom. The van der Waals surface area contributed by atoms with Crippen molar-refractivity contribution in [1.82, 2.24) is 39.1 Å². The summed E-state index contributed by atoms with van der Waals surface area (Å²) in [6, 6.07) is 9.14. The summed E-state index contributed by atoms with van der Waals surface area (Å²) in [5, 5.41) is 11.0. The van der Waals surface area contributed by atoms with Gasteiger partial charge in [-0.3, -0.25) is 38.5 Å². The second-order valence-electron chi connectivity index (χ2n) is 15.4. The summed E-state index contributed by atoms with van der Waals surface area (Å²) in [5.41, 5.74) is 2.04. The quantitative estimate of drug-likeness (QED) is 0.204. The Morgan fingerprint density at radius 1 is 1.07 bits per heavy atom. The van der Waals surface area contributed by atoms with Gasteiger partial charge in [0.15, 0.2) is 0 Å². The van der Waals surface area contributed by atoms with Crippen LogP contribution >= 0.6 is 0 Å². The molecule has 2 aromatic carbocycles. The first-order valence-corrected chi connectivity index (χ1v) is 18.5. The number of aryl methyl sites for hydroxylation is 1. The van der Waals surface area contributed by atoms with Gasteiger partial charge >= 0.3 is 5.69 Å². The van der Waals surface area contributed by atoms with Gasteiger partial charge in [-0.1, -0.05) is 12.1 Å². The van der Waals surface area contributed by atoms with Crippen LogP contribution < -0.4 is 21.1 Å². The van der Waals surface area contributed by atoms with Crippen LogP contribution in [0.4, 0.5) is 10.1 Å². The molecule has 14 nitrogen and oxygen atoms in total. The summed E-state index contributed by atoms with van der Waals surface area (Å²) in [7, 11) is 3.29. The number of hydrogen-bond donors (Lipinski definition) is 2. The molecule has 1 atom stereocenters. The van der Waals surface area contributed by atoms with E-state index >= 15 is 0 Å². The van der Waals surface area contributed by atoms with Crippen molar-refractivity contribution >= 4 is 45.3 Å². The minimum Gasteiger partial charge on any atom is -0.494 e. The summed E-state index contributed by atoms with van der Waals surface area (Å²) in [6.07, 6.45) is 9.35. The number of fused-ring (bicyclic) bond motifs is 2. The summed E-state index contributed by atoms with van der Waals surface area (Å²) >= 11 is 0. The number of para-hydroxylation sites is 1. The van der Waals surface area contributed by atoms with Gasteiger partial charge in [-0.25, -0.2) is 14.2 Å². The van der Waals surface area contributed by atoms with Crippen LogP contribution in [0.25, 0.3) is 21.9 Å². The number of carbonyl (C=O) groups excluding carboxylic acids is 3. The maximum absolute atomic E-state index is 14.4. The number of imidazole rings is 1. The number of nitrogens with one attached hydrogen (secondary N) is 2. The molecule has 1 unspecified atom stereocenters. The molecule has 8 rings (SSSR count). The zero-order chi connectivity index (χ0) is 37.9. The second kappa shape index (κ2) is 13.8.